The van der Waals surface area contributed by atoms with E-state index in [1.807, 2.05) is 25.5 Å². The Balaban J connectivity index is 2.05. The molecular weight excluding hydrogens is 244 g/mol. The second-order valence-corrected chi connectivity index (χ2v) is 5.00. The largest absolute Gasteiger partial charge is 0.319 e. The smallest absolute Gasteiger partial charge is 0.0306 e. The van der Waals surface area contributed by atoms with E-state index in [2.05, 4.69) is 58.8 Å². The van der Waals surface area contributed by atoms with Gasteiger partial charge in [0.2, 0.25) is 0 Å². The van der Waals surface area contributed by atoms with Crippen molar-refractivity contribution in [3.8, 4) is 0 Å². The number of likely N-dealkylation sites (N-methyl/N-ethyl adjacent to an activating group) is 1. The lowest BCUT2D eigenvalue weighted by atomic mass is 9.91. The van der Waals surface area contributed by atoms with Crippen molar-refractivity contribution in [3.05, 3.63) is 78.1 Å². The van der Waals surface area contributed by atoms with Crippen molar-refractivity contribution in [2.45, 2.75) is 5.92 Å². The minimum absolute atomic E-state index is 0.332. The second-order valence-electron chi connectivity index (χ2n) is 5.00. The van der Waals surface area contributed by atoms with Crippen LogP contribution in [-0.4, -0.2) is 18.6 Å². The summed E-state index contributed by atoms with van der Waals surface area (Å²) in [6, 6.07) is 19.3. The molecule has 0 saturated carbocycles. The van der Waals surface area contributed by atoms with Gasteiger partial charge in [-0.05, 0) is 35.0 Å². The number of pyridine rings is 1. The van der Waals surface area contributed by atoms with Crippen LogP contribution in [0.5, 0.6) is 0 Å². The fourth-order valence-electron chi connectivity index (χ4n) is 2.64. The third kappa shape index (κ3) is 2.56. The zero-order chi connectivity index (χ0) is 13.8. The van der Waals surface area contributed by atoms with Crippen LogP contribution in [0, 0.1) is 0 Å². The molecule has 1 atom stereocenters. The molecule has 0 amide bonds. The number of benzene rings is 2. The van der Waals surface area contributed by atoms with E-state index in [9.17, 15) is 0 Å². The zero-order valence-corrected chi connectivity index (χ0v) is 11.6. The van der Waals surface area contributed by atoms with E-state index in [1.54, 1.807) is 0 Å². The first-order valence-electron chi connectivity index (χ1n) is 6.91. The summed E-state index contributed by atoms with van der Waals surface area (Å²) < 4.78 is 0. The molecule has 1 unspecified atom stereocenters. The van der Waals surface area contributed by atoms with Gasteiger partial charge in [0.25, 0.3) is 0 Å². The van der Waals surface area contributed by atoms with Crippen LogP contribution < -0.4 is 5.32 Å². The summed E-state index contributed by atoms with van der Waals surface area (Å²) in [5.74, 6) is 0.332. The lowest BCUT2D eigenvalue weighted by Gasteiger charge is -2.18. The lowest BCUT2D eigenvalue weighted by molar-refractivity contribution is 0.706. The van der Waals surface area contributed by atoms with E-state index < -0.39 is 0 Å². The average Bonchev–Trinajstić information content (AvgIpc) is 2.53. The molecule has 3 aromatic rings. The highest BCUT2D eigenvalue weighted by Gasteiger charge is 2.13. The molecule has 3 rings (SSSR count). The molecule has 0 bridgehead atoms. The molecule has 0 aliphatic carbocycles. The van der Waals surface area contributed by atoms with Crippen LogP contribution in [0.4, 0.5) is 0 Å². The topological polar surface area (TPSA) is 24.9 Å². The molecule has 0 fully saturated rings. The van der Waals surface area contributed by atoms with Crippen LogP contribution in [0.1, 0.15) is 17.0 Å². The minimum atomic E-state index is 0.332. The Morgan fingerprint density at radius 1 is 0.950 bits per heavy atom. The monoisotopic (exact) mass is 262 g/mol. The van der Waals surface area contributed by atoms with Crippen molar-refractivity contribution < 1.29 is 0 Å². The molecule has 0 spiro atoms. The normalized spacial score (nSPS) is 12.4. The number of aromatic nitrogens is 1. The Labute approximate surface area is 119 Å². The van der Waals surface area contributed by atoms with E-state index in [4.69, 9.17) is 0 Å². The summed E-state index contributed by atoms with van der Waals surface area (Å²) in [6.07, 6.45) is 3.78. The summed E-state index contributed by atoms with van der Waals surface area (Å²) in [5, 5.41) is 5.86. The van der Waals surface area contributed by atoms with Crippen LogP contribution in [0.2, 0.25) is 0 Å². The maximum atomic E-state index is 4.25. The first-order valence-corrected chi connectivity index (χ1v) is 6.91. The first kappa shape index (κ1) is 12.8. The first-order chi connectivity index (χ1) is 9.88. The molecule has 2 nitrogen and oxygen atoms in total. The minimum Gasteiger partial charge on any atom is -0.319 e. The van der Waals surface area contributed by atoms with E-state index >= 15 is 0 Å². The average molecular weight is 262 g/mol. The predicted octanol–water partition coefficient (Wildman–Crippen LogP) is 3.59. The lowest BCUT2D eigenvalue weighted by Crippen LogP contribution is -2.18. The van der Waals surface area contributed by atoms with Gasteiger partial charge in [-0.2, -0.15) is 0 Å². The number of hydrogen-bond acceptors (Lipinski definition) is 2. The van der Waals surface area contributed by atoms with Crippen LogP contribution >= 0.6 is 0 Å². The van der Waals surface area contributed by atoms with Gasteiger partial charge in [0.05, 0.1) is 0 Å². The number of hydrogen-bond donors (Lipinski definition) is 1. The molecular formula is C18H18N2. The molecule has 0 aliphatic heterocycles. The van der Waals surface area contributed by atoms with Crippen LogP contribution in [0.3, 0.4) is 0 Å². The summed E-state index contributed by atoms with van der Waals surface area (Å²) in [7, 11) is 1.99. The predicted molar refractivity (Wildman–Crippen MR) is 84.0 cm³/mol. The maximum Gasteiger partial charge on any atom is 0.0306 e. The van der Waals surface area contributed by atoms with Gasteiger partial charge in [-0.1, -0.05) is 48.5 Å². The van der Waals surface area contributed by atoms with Gasteiger partial charge in [-0.25, -0.2) is 0 Å². The third-order valence-corrected chi connectivity index (χ3v) is 3.67. The van der Waals surface area contributed by atoms with E-state index in [1.165, 1.54) is 21.9 Å². The van der Waals surface area contributed by atoms with Crippen molar-refractivity contribution in [1.29, 1.82) is 0 Å². The molecule has 0 saturated heterocycles. The molecule has 2 heteroatoms. The third-order valence-electron chi connectivity index (χ3n) is 3.67. The molecule has 1 N–H and O–H groups in total. The summed E-state index contributed by atoms with van der Waals surface area (Å²) in [5.41, 5.74) is 2.57. The molecule has 2 aromatic carbocycles. The highest BCUT2D eigenvalue weighted by Crippen LogP contribution is 2.26. The molecule has 100 valence electrons. The van der Waals surface area contributed by atoms with Gasteiger partial charge in [0, 0.05) is 24.9 Å². The Kier molecular flexibility index (Phi) is 3.75. The molecule has 1 heterocycles. The molecule has 20 heavy (non-hydrogen) atoms. The van der Waals surface area contributed by atoms with Crippen molar-refractivity contribution >= 4 is 10.8 Å². The van der Waals surface area contributed by atoms with Crippen LogP contribution in [-0.2, 0) is 0 Å². The Morgan fingerprint density at radius 2 is 1.80 bits per heavy atom. The van der Waals surface area contributed by atoms with Gasteiger partial charge >= 0.3 is 0 Å². The quantitative estimate of drug-likeness (QED) is 0.777. The standard InChI is InChI=1S/C18H18N2/c1-19-13-18(17-7-4-10-20-12-17)16-9-8-14-5-2-3-6-15(14)11-16/h2-12,18-19H,13H2,1H3. The molecule has 1 aromatic heterocycles. The van der Waals surface area contributed by atoms with Gasteiger partial charge in [-0.3, -0.25) is 4.98 Å². The Morgan fingerprint density at radius 3 is 2.55 bits per heavy atom. The van der Waals surface area contributed by atoms with Crippen LogP contribution in [0.15, 0.2) is 67.0 Å². The number of rotatable bonds is 4. The van der Waals surface area contributed by atoms with Crippen molar-refractivity contribution in [1.82, 2.24) is 10.3 Å². The summed E-state index contributed by atoms with van der Waals surface area (Å²) in [4.78, 5) is 4.25. The Bertz CT molecular complexity index is 692. The van der Waals surface area contributed by atoms with Gasteiger partial charge < -0.3 is 5.32 Å². The number of fused-ring (bicyclic) bond motifs is 1. The van der Waals surface area contributed by atoms with Gasteiger partial charge in [-0.15, -0.1) is 0 Å². The van der Waals surface area contributed by atoms with Crippen molar-refractivity contribution in [2.75, 3.05) is 13.6 Å². The highest BCUT2D eigenvalue weighted by molar-refractivity contribution is 5.83. The Hall–Kier alpha value is -2.19. The van der Waals surface area contributed by atoms with Crippen molar-refractivity contribution in [3.63, 3.8) is 0 Å². The zero-order valence-electron chi connectivity index (χ0n) is 11.6. The molecule has 0 aliphatic rings. The number of nitrogens with one attached hydrogen (secondary N) is 1. The fourth-order valence-corrected chi connectivity index (χ4v) is 2.64. The van der Waals surface area contributed by atoms with E-state index in [0.29, 0.717) is 5.92 Å². The summed E-state index contributed by atoms with van der Waals surface area (Å²) >= 11 is 0. The van der Waals surface area contributed by atoms with E-state index in [0.717, 1.165) is 6.54 Å². The summed E-state index contributed by atoms with van der Waals surface area (Å²) in [6.45, 7) is 0.907. The second kappa shape index (κ2) is 5.85. The van der Waals surface area contributed by atoms with Gasteiger partial charge in [0.1, 0.15) is 0 Å². The fraction of sp³-hybridized carbons (Fsp3) is 0.167. The molecule has 0 radical (unpaired) electrons. The van der Waals surface area contributed by atoms with Crippen LogP contribution in [0.25, 0.3) is 10.8 Å². The van der Waals surface area contributed by atoms with Crippen molar-refractivity contribution in [2.24, 2.45) is 0 Å². The van der Waals surface area contributed by atoms with E-state index in [-0.39, 0.29) is 0 Å². The van der Waals surface area contributed by atoms with Gasteiger partial charge in [0.15, 0.2) is 0 Å². The highest BCUT2D eigenvalue weighted by atomic mass is 14.8. The maximum absolute atomic E-state index is 4.25. The SMILES string of the molecule is CNCC(c1cccnc1)c1ccc2ccccc2c1. The number of nitrogens with zero attached hydrogens (tertiary/aromatic N) is 1.